The quantitative estimate of drug-likeness (QED) is 0.142. The van der Waals surface area contributed by atoms with E-state index in [0.717, 1.165) is 28.7 Å². The van der Waals surface area contributed by atoms with Crippen LogP contribution >= 0.6 is 0 Å². The van der Waals surface area contributed by atoms with Crippen molar-refractivity contribution in [3.8, 4) is 5.75 Å². The molecule has 43 heavy (non-hydrogen) atoms. The largest absolute Gasteiger partial charge is 0.494 e. The summed E-state index contributed by atoms with van der Waals surface area (Å²) in [4.78, 5) is 22.5. The van der Waals surface area contributed by atoms with Gasteiger partial charge in [-0.25, -0.2) is 10.8 Å². The number of carbonyl (C=O) groups excluding carboxylic acids is 1. The van der Waals surface area contributed by atoms with Crippen LogP contribution < -0.4 is 26.6 Å². The number of methoxy groups -OCH3 is 2. The lowest BCUT2D eigenvalue weighted by Gasteiger charge is -2.22. The fraction of sp³-hybridized carbons (Fsp3) is 0.267. The molecule has 1 amide bonds. The number of aromatic amines is 1. The number of likely N-dealkylation sites (N-methyl/N-ethyl adjacent to an activating group) is 1. The number of pyridine rings is 1. The van der Waals surface area contributed by atoms with Gasteiger partial charge in [0, 0.05) is 60.9 Å². The first-order valence-electron chi connectivity index (χ1n) is 13.2. The number of fused-ring (bicyclic) bond motifs is 1. The van der Waals surface area contributed by atoms with E-state index in [-0.39, 0.29) is 29.1 Å². The number of halogens is 3. The first-order valence-corrected chi connectivity index (χ1v) is 13.2. The predicted octanol–water partition coefficient (Wildman–Crippen LogP) is 4.87. The monoisotopic (exact) mass is 597 g/mol. The molecule has 2 aromatic heterocycles. The Balaban J connectivity index is 1.62. The Kier molecular flexibility index (Phi) is 9.59. The van der Waals surface area contributed by atoms with Crippen molar-refractivity contribution in [3.63, 3.8) is 0 Å². The summed E-state index contributed by atoms with van der Waals surface area (Å²) in [5.74, 6) is 5.80. The molecular weight excluding hydrogens is 563 g/mol. The van der Waals surface area contributed by atoms with Gasteiger partial charge < -0.3 is 25.5 Å². The lowest BCUT2D eigenvalue weighted by molar-refractivity contribution is -0.137. The number of aromatic nitrogens is 2. The molecule has 0 unspecified atom stereocenters. The lowest BCUT2D eigenvalue weighted by atomic mass is 10.1. The number of nitrogens with zero attached hydrogens (tertiary/aromatic N) is 3. The van der Waals surface area contributed by atoms with Crippen LogP contribution in [0.5, 0.6) is 5.75 Å². The van der Waals surface area contributed by atoms with E-state index in [2.05, 4.69) is 15.3 Å². The number of aryl methyl sites for hydroxylation is 1. The van der Waals surface area contributed by atoms with Crippen LogP contribution in [-0.2, 0) is 17.5 Å². The number of carbonyl (C=O) groups is 1. The highest BCUT2D eigenvalue weighted by molar-refractivity contribution is 6.06. The number of benzene rings is 2. The first-order chi connectivity index (χ1) is 20.4. The maximum absolute atomic E-state index is 13.8. The van der Waals surface area contributed by atoms with Crippen LogP contribution in [0, 0.1) is 6.92 Å². The highest BCUT2D eigenvalue weighted by Gasteiger charge is 2.33. The Hall–Kier alpha value is -4.59. The molecule has 0 aliphatic carbocycles. The molecule has 4 rings (SSSR count). The van der Waals surface area contributed by atoms with Gasteiger partial charge >= 0.3 is 6.18 Å². The SMILES string of the molecule is COCCN(C)Cc1cc(C(F)(F)F)cc(NC(=O)c2ccc(C)c(N(N)/C=C(\N)c3cnc4[nH]ccc4c3)c2)c1OC. The Morgan fingerprint density at radius 2 is 1.91 bits per heavy atom. The van der Waals surface area contributed by atoms with Gasteiger partial charge in [-0.2, -0.15) is 13.2 Å². The number of alkyl halides is 3. The van der Waals surface area contributed by atoms with E-state index in [0.29, 0.717) is 30.1 Å². The van der Waals surface area contributed by atoms with Crippen LogP contribution in [0.3, 0.4) is 0 Å². The number of H-pyrrole nitrogens is 1. The molecular formula is C30H34F3N7O3. The third kappa shape index (κ3) is 7.44. The topological polar surface area (TPSA) is 135 Å². The van der Waals surface area contributed by atoms with Crippen LogP contribution in [0.25, 0.3) is 16.7 Å². The van der Waals surface area contributed by atoms with E-state index in [9.17, 15) is 18.0 Å². The lowest BCUT2D eigenvalue weighted by Crippen LogP contribution is -2.27. The molecule has 13 heteroatoms. The Morgan fingerprint density at radius 3 is 2.60 bits per heavy atom. The number of nitrogens with two attached hydrogens (primary N) is 2. The summed E-state index contributed by atoms with van der Waals surface area (Å²) in [6, 6.07) is 10.4. The summed E-state index contributed by atoms with van der Waals surface area (Å²) >= 11 is 0. The zero-order chi connectivity index (χ0) is 31.3. The number of amides is 1. The van der Waals surface area contributed by atoms with E-state index in [1.165, 1.54) is 24.4 Å². The second-order valence-electron chi connectivity index (χ2n) is 10.0. The number of hydrogen-bond acceptors (Lipinski definition) is 8. The predicted molar refractivity (Wildman–Crippen MR) is 160 cm³/mol. The van der Waals surface area contributed by atoms with Crippen LogP contribution in [0.4, 0.5) is 24.5 Å². The summed E-state index contributed by atoms with van der Waals surface area (Å²) in [5, 5.41) is 4.75. The van der Waals surface area contributed by atoms with Crippen LogP contribution in [0.1, 0.15) is 32.6 Å². The minimum Gasteiger partial charge on any atom is -0.494 e. The van der Waals surface area contributed by atoms with Crippen LogP contribution in [0.15, 0.2) is 61.1 Å². The van der Waals surface area contributed by atoms with Crippen molar-refractivity contribution in [2.75, 3.05) is 44.7 Å². The number of hydrazine groups is 1. The smallest absolute Gasteiger partial charge is 0.416 e. The molecule has 0 bridgehead atoms. The van der Waals surface area contributed by atoms with Gasteiger partial charge in [-0.3, -0.25) is 14.7 Å². The zero-order valence-corrected chi connectivity index (χ0v) is 24.2. The van der Waals surface area contributed by atoms with Gasteiger partial charge in [-0.15, -0.1) is 0 Å². The number of ether oxygens (including phenoxy) is 2. The highest BCUT2D eigenvalue weighted by atomic mass is 19.4. The molecule has 0 saturated carbocycles. The van der Waals surface area contributed by atoms with Gasteiger partial charge in [0.05, 0.1) is 36.4 Å². The normalized spacial score (nSPS) is 12.2. The van der Waals surface area contributed by atoms with Crippen molar-refractivity contribution in [1.29, 1.82) is 0 Å². The Bertz CT molecular complexity index is 1640. The van der Waals surface area contributed by atoms with Gasteiger partial charge in [0.2, 0.25) is 0 Å². The van der Waals surface area contributed by atoms with E-state index in [1.807, 2.05) is 12.1 Å². The number of hydrogen-bond donors (Lipinski definition) is 4. The number of nitrogens with one attached hydrogen (secondary N) is 2. The maximum atomic E-state index is 13.8. The van der Waals surface area contributed by atoms with E-state index >= 15 is 0 Å². The standard InChI is InChI=1S/C30H34F3N7O3/c1-18-5-6-20(13-26(18)40(35)17-24(34)21-11-19-7-8-36-28(19)37-15-21)29(41)38-25-14-23(30(31,32)33)12-22(27(25)43-4)16-39(2)9-10-42-3/h5-8,11-15,17H,9-10,16,34-35H2,1-4H3,(H,36,37)(H,38,41)/b24-17-. The molecule has 0 atom stereocenters. The summed E-state index contributed by atoms with van der Waals surface area (Å²) in [7, 11) is 4.63. The van der Waals surface area contributed by atoms with Gasteiger partial charge in [-0.05, 0) is 55.9 Å². The third-order valence-electron chi connectivity index (χ3n) is 6.82. The second-order valence-corrected chi connectivity index (χ2v) is 10.0. The summed E-state index contributed by atoms with van der Waals surface area (Å²) in [5.41, 5.74) is 8.60. The Labute approximate surface area is 247 Å². The minimum absolute atomic E-state index is 0.110. The molecule has 2 heterocycles. The molecule has 0 spiro atoms. The van der Waals surface area contributed by atoms with E-state index in [1.54, 1.807) is 50.5 Å². The molecule has 6 N–H and O–H groups in total. The fourth-order valence-electron chi connectivity index (χ4n) is 4.54. The van der Waals surface area contributed by atoms with Crippen LogP contribution in [0.2, 0.25) is 0 Å². The number of rotatable bonds is 11. The van der Waals surface area contributed by atoms with Crippen molar-refractivity contribution in [3.05, 3.63) is 88.9 Å². The second kappa shape index (κ2) is 13.2. The number of anilines is 2. The fourth-order valence-corrected chi connectivity index (χ4v) is 4.54. The van der Waals surface area contributed by atoms with Gasteiger partial charge in [-0.1, -0.05) is 6.07 Å². The van der Waals surface area contributed by atoms with Crippen molar-refractivity contribution in [2.45, 2.75) is 19.6 Å². The first kappa shape index (κ1) is 31.3. The van der Waals surface area contributed by atoms with Crippen molar-refractivity contribution in [2.24, 2.45) is 11.6 Å². The van der Waals surface area contributed by atoms with Crippen molar-refractivity contribution in [1.82, 2.24) is 14.9 Å². The summed E-state index contributed by atoms with van der Waals surface area (Å²) < 4.78 is 52.0. The molecule has 0 saturated heterocycles. The van der Waals surface area contributed by atoms with E-state index < -0.39 is 17.6 Å². The van der Waals surface area contributed by atoms with Gasteiger partial charge in [0.25, 0.3) is 5.91 Å². The molecule has 4 aromatic rings. The molecule has 0 radical (unpaired) electrons. The zero-order valence-electron chi connectivity index (χ0n) is 24.2. The van der Waals surface area contributed by atoms with Crippen LogP contribution in [-0.4, -0.2) is 55.2 Å². The van der Waals surface area contributed by atoms with Crippen molar-refractivity contribution < 1.29 is 27.4 Å². The third-order valence-corrected chi connectivity index (χ3v) is 6.82. The van der Waals surface area contributed by atoms with Gasteiger partial charge in [0.15, 0.2) is 0 Å². The molecule has 10 nitrogen and oxygen atoms in total. The molecule has 0 aliphatic rings. The molecule has 228 valence electrons. The van der Waals surface area contributed by atoms with Crippen molar-refractivity contribution >= 4 is 34.0 Å². The van der Waals surface area contributed by atoms with Gasteiger partial charge in [0.1, 0.15) is 11.4 Å². The molecule has 0 fully saturated rings. The summed E-state index contributed by atoms with van der Waals surface area (Å²) in [6.45, 7) is 2.82. The summed E-state index contributed by atoms with van der Waals surface area (Å²) in [6.07, 6.45) is 0.243. The average molecular weight is 598 g/mol. The minimum atomic E-state index is -4.64. The maximum Gasteiger partial charge on any atom is 0.416 e. The average Bonchev–Trinajstić information content (AvgIpc) is 3.43. The molecule has 0 aliphatic heterocycles. The molecule has 2 aromatic carbocycles. The Morgan fingerprint density at radius 1 is 1.14 bits per heavy atom. The van der Waals surface area contributed by atoms with E-state index in [4.69, 9.17) is 21.1 Å². The highest BCUT2D eigenvalue weighted by Crippen LogP contribution is 2.38.